The summed E-state index contributed by atoms with van der Waals surface area (Å²) in [6, 6.07) is 3.22. The van der Waals surface area contributed by atoms with E-state index in [1.807, 2.05) is 0 Å². The van der Waals surface area contributed by atoms with Crippen molar-refractivity contribution in [2.45, 2.75) is 19.3 Å². The summed E-state index contributed by atoms with van der Waals surface area (Å²) in [7, 11) is 0. The number of carbonyl (C=O) groups is 1. The van der Waals surface area contributed by atoms with Gasteiger partial charge in [-0.25, -0.2) is 0 Å². The van der Waals surface area contributed by atoms with E-state index in [0.717, 1.165) is 25.8 Å². The number of hydrogen-bond donors (Lipinski definition) is 2. The number of nitrogens with two attached hydrogens (primary N) is 1. The number of nitrogens with one attached hydrogen (secondary N) is 1. The fraction of sp³-hybridized carbons (Fsp3) is 0.364. The van der Waals surface area contributed by atoms with Crippen LogP contribution in [0.4, 0.5) is 5.82 Å². The first-order valence-electron chi connectivity index (χ1n) is 5.05. The highest BCUT2D eigenvalue weighted by atomic mass is 16.1. The summed E-state index contributed by atoms with van der Waals surface area (Å²) in [6.45, 7) is 0.784. The standard InChI is InChI=1S/C11H14N4O/c1-2-3-4-5-8-13-10-7-6-9(11(12)16)14-15-10/h1,6-7H,3-5,8H2,(H2,12,16)(H,13,15). The zero-order valence-electron chi connectivity index (χ0n) is 8.94. The first-order valence-corrected chi connectivity index (χ1v) is 5.05. The fourth-order valence-corrected chi connectivity index (χ4v) is 1.13. The van der Waals surface area contributed by atoms with E-state index in [4.69, 9.17) is 12.2 Å². The third-order valence-corrected chi connectivity index (χ3v) is 1.97. The van der Waals surface area contributed by atoms with Gasteiger partial charge in [-0.3, -0.25) is 4.79 Å². The number of aromatic nitrogens is 2. The third-order valence-electron chi connectivity index (χ3n) is 1.97. The van der Waals surface area contributed by atoms with Gasteiger partial charge < -0.3 is 11.1 Å². The number of hydrogen-bond acceptors (Lipinski definition) is 4. The molecule has 5 nitrogen and oxygen atoms in total. The van der Waals surface area contributed by atoms with E-state index in [1.54, 1.807) is 12.1 Å². The minimum absolute atomic E-state index is 0.165. The minimum Gasteiger partial charge on any atom is -0.369 e. The number of unbranched alkanes of at least 4 members (excludes halogenated alkanes) is 2. The van der Waals surface area contributed by atoms with E-state index in [2.05, 4.69) is 21.4 Å². The van der Waals surface area contributed by atoms with Gasteiger partial charge in [0.25, 0.3) is 5.91 Å². The molecular formula is C11H14N4O. The van der Waals surface area contributed by atoms with Crippen molar-refractivity contribution < 1.29 is 4.79 Å². The fourth-order valence-electron chi connectivity index (χ4n) is 1.13. The van der Waals surface area contributed by atoms with Gasteiger partial charge in [-0.15, -0.1) is 22.5 Å². The molecule has 0 unspecified atom stereocenters. The second-order valence-corrected chi connectivity index (χ2v) is 3.26. The summed E-state index contributed by atoms with van der Waals surface area (Å²) < 4.78 is 0. The normalized spacial score (nSPS) is 9.44. The summed E-state index contributed by atoms with van der Waals surface area (Å²) in [5, 5.41) is 10.6. The van der Waals surface area contributed by atoms with Gasteiger partial charge in [0, 0.05) is 13.0 Å². The predicted octanol–water partition coefficient (Wildman–Crippen LogP) is 0.791. The number of nitrogens with zero attached hydrogens (tertiary/aromatic N) is 2. The van der Waals surface area contributed by atoms with Crippen LogP contribution in [0, 0.1) is 12.3 Å². The third kappa shape index (κ3) is 3.96. The summed E-state index contributed by atoms with van der Waals surface area (Å²) in [4.78, 5) is 10.7. The van der Waals surface area contributed by atoms with Crippen molar-refractivity contribution >= 4 is 11.7 Å². The minimum atomic E-state index is -0.576. The lowest BCUT2D eigenvalue weighted by molar-refractivity contribution is 0.0994. The lowest BCUT2D eigenvalue weighted by Gasteiger charge is -2.03. The number of terminal acetylenes is 1. The van der Waals surface area contributed by atoms with Crippen LogP contribution in [0.5, 0.6) is 0 Å². The highest BCUT2D eigenvalue weighted by Crippen LogP contribution is 2.02. The highest BCUT2D eigenvalue weighted by Gasteiger charge is 2.02. The summed E-state index contributed by atoms with van der Waals surface area (Å²) in [5.41, 5.74) is 5.20. The number of amides is 1. The topological polar surface area (TPSA) is 80.9 Å². The van der Waals surface area contributed by atoms with Gasteiger partial charge in [0.2, 0.25) is 0 Å². The molecule has 0 fully saturated rings. The Morgan fingerprint density at radius 3 is 2.81 bits per heavy atom. The quantitative estimate of drug-likeness (QED) is 0.546. The number of carbonyl (C=O) groups excluding carboxylic acids is 1. The van der Waals surface area contributed by atoms with Gasteiger partial charge in [0.15, 0.2) is 5.69 Å². The molecule has 0 spiro atoms. The molecule has 84 valence electrons. The Hall–Kier alpha value is -2.09. The van der Waals surface area contributed by atoms with Crippen LogP contribution >= 0.6 is 0 Å². The van der Waals surface area contributed by atoms with Gasteiger partial charge in [0.1, 0.15) is 5.82 Å². The number of anilines is 1. The first-order chi connectivity index (χ1) is 7.74. The zero-order chi connectivity index (χ0) is 11.8. The second kappa shape index (κ2) is 6.40. The molecule has 0 bridgehead atoms. The molecule has 16 heavy (non-hydrogen) atoms. The molecule has 0 aromatic carbocycles. The van der Waals surface area contributed by atoms with Crippen molar-refractivity contribution in [2.75, 3.05) is 11.9 Å². The average Bonchev–Trinajstić information content (AvgIpc) is 2.29. The Bertz CT molecular complexity index is 380. The van der Waals surface area contributed by atoms with Crippen molar-refractivity contribution in [1.82, 2.24) is 10.2 Å². The molecule has 1 rings (SSSR count). The summed E-state index contributed by atoms with van der Waals surface area (Å²) in [6.07, 6.45) is 7.87. The van der Waals surface area contributed by atoms with E-state index in [-0.39, 0.29) is 5.69 Å². The van der Waals surface area contributed by atoms with E-state index in [0.29, 0.717) is 5.82 Å². The zero-order valence-corrected chi connectivity index (χ0v) is 8.94. The highest BCUT2D eigenvalue weighted by molar-refractivity contribution is 5.90. The van der Waals surface area contributed by atoms with Crippen molar-refractivity contribution in [3.8, 4) is 12.3 Å². The molecule has 0 saturated carbocycles. The van der Waals surface area contributed by atoms with E-state index >= 15 is 0 Å². The van der Waals surface area contributed by atoms with Crippen LogP contribution in [0.15, 0.2) is 12.1 Å². The van der Waals surface area contributed by atoms with E-state index in [9.17, 15) is 4.79 Å². The van der Waals surface area contributed by atoms with Crippen LogP contribution in [0.2, 0.25) is 0 Å². The smallest absolute Gasteiger partial charge is 0.269 e. The van der Waals surface area contributed by atoms with Crippen LogP contribution in [0.25, 0.3) is 0 Å². The van der Waals surface area contributed by atoms with Gasteiger partial charge in [0.05, 0.1) is 0 Å². The molecule has 0 saturated heterocycles. The Kier molecular flexibility index (Phi) is 4.80. The van der Waals surface area contributed by atoms with Crippen LogP contribution in [-0.2, 0) is 0 Å². The monoisotopic (exact) mass is 218 g/mol. The molecule has 0 atom stereocenters. The van der Waals surface area contributed by atoms with Crippen LogP contribution in [0.1, 0.15) is 29.8 Å². The maximum absolute atomic E-state index is 10.7. The molecule has 1 heterocycles. The SMILES string of the molecule is C#CCCCCNc1ccc(C(N)=O)nn1. The van der Waals surface area contributed by atoms with Crippen LogP contribution in [-0.4, -0.2) is 22.6 Å². The molecule has 5 heteroatoms. The maximum atomic E-state index is 10.7. The van der Waals surface area contributed by atoms with Crippen molar-refractivity contribution in [3.63, 3.8) is 0 Å². The van der Waals surface area contributed by atoms with Crippen LogP contribution < -0.4 is 11.1 Å². The van der Waals surface area contributed by atoms with Crippen molar-refractivity contribution in [2.24, 2.45) is 5.73 Å². The molecule has 0 radical (unpaired) electrons. The van der Waals surface area contributed by atoms with Gasteiger partial charge in [-0.05, 0) is 25.0 Å². The molecular weight excluding hydrogens is 204 g/mol. The average molecular weight is 218 g/mol. The van der Waals surface area contributed by atoms with Gasteiger partial charge in [-0.2, -0.15) is 0 Å². The largest absolute Gasteiger partial charge is 0.369 e. The summed E-state index contributed by atoms with van der Waals surface area (Å²) in [5.74, 6) is 2.63. The molecule has 1 aromatic rings. The lowest BCUT2D eigenvalue weighted by Crippen LogP contribution is -2.14. The Morgan fingerprint density at radius 2 is 2.25 bits per heavy atom. The second-order valence-electron chi connectivity index (χ2n) is 3.26. The lowest BCUT2D eigenvalue weighted by atomic mass is 10.2. The molecule has 1 amide bonds. The molecule has 1 aromatic heterocycles. The van der Waals surface area contributed by atoms with Crippen molar-refractivity contribution in [3.05, 3.63) is 17.8 Å². The Morgan fingerprint density at radius 1 is 1.44 bits per heavy atom. The van der Waals surface area contributed by atoms with Crippen LogP contribution in [0.3, 0.4) is 0 Å². The Labute approximate surface area is 94.4 Å². The first kappa shape index (κ1) is 12.0. The molecule has 0 aliphatic rings. The Balaban J connectivity index is 2.33. The predicted molar refractivity (Wildman–Crippen MR) is 61.7 cm³/mol. The maximum Gasteiger partial charge on any atom is 0.269 e. The van der Waals surface area contributed by atoms with Gasteiger partial charge >= 0.3 is 0 Å². The van der Waals surface area contributed by atoms with E-state index < -0.39 is 5.91 Å². The molecule has 0 aliphatic heterocycles. The van der Waals surface area contributed by atoms with Gasteiger partial charge in [-0.1, -0.05) is 0 Å². The number of primary amides is 1. The number of rotatable bonds is 6. The molecule has 0 aliphatic carbocycles. The summed E-state index contributed by atoms with van der Waals surface area (Å²) >= 11 is 0. The van der Waals surface area contributed by atoms with E-state index in [1.165, 1.54) is 0 Å². The molecule has 3 N–H and O–H groups in total. The van der Waals surface area contributed by atoms with Crippen molar-refractivity contribution in [1.29, 1.82) is 0 Å².